The van der Waals surface area contributed by atoms with E-state index in [0.717, 1.165) is 33.9 Å². The zero-order chi connectivity index (χ0) is 37.4. The lowest BCUT2D eigenvalue weighted by atomic mass is 9.33. The second-order valence-electron chi connectivity index (χ2n) is 15.9. The van der Waals surface area contributed by atoms with E-state index in [-0.39, 0.29) is 6.71 Å². The zero-order valence-electron chi connectivity index (χ0n) is 32.0. The van der Waals surface area contributed by atoms with Gasteiger partial charge in [-0.2, -0.15) is 0 Å². The highest BCUT2D eigenvalue weighted by Crippen LogP contribution is 2.53. The topological polar surface area (TPSA) is 32.3 Å². The van der Waals surface area contributed by atoms with Gasteiger partial charge in [0, 0.05) is 46.3 Å². The highest BCUT2D eigenvalue weighted by atomic mass is 32.3. The molecule has 0 saturated carbocycles. The molecule has 0 fully saturated rings. The van der Waals surface area contributed by atoms with Crippen molar-refractivity contribution in [2.24, 2.45) is 0 Å². The molecule has 2 aliphatic rings. The van der Waals surface area contributed by atoms with E-state index >= 15 is 0 Å². The number of anilines is 6. The van der Waals surface area contributed by atoms with Gasteiger partial charge in [0.2, 0.25) is 0 Å². The van der Waals surface area contributed by atoms with Crippen molar-refractivity contribution in [1.29, 1.82) is 0 Å². The molecule has 4 heterocycles. The number of hydrogen-bond donors (Lipinski definition) is 0. The van der Waals surface area contributed by atoms with Gasteiger partial charge in [-0.1, -0.05) is 72.8 Å². The third-order valence-corrected chi connectivity index (χ3v) is 14.1. The first-order valence-electron chi connectivity index (χ1n) is 18.4. The van der Waals surface area contributed by atoms with Crippen molar-refractivity contribution < 1.29 is 0 Å². The van der Waals surface area contributed by atoms with Gasteiger partial charge in [0.25, 0.3) is 6.71 Å². The fraction of sp³-hybridized carbons (Fsp3) is 0.149. The molecule has 0 unspecified atom stereocenters. The number of para-hydroxylation sites is 2. The Bertz CT molecular complexity index is 2390. The molecular formula is C47H45BN4S2. The van der Waals surface area contributed by atoms with Gasteiger partial charge in [-0.3, -0.25) is 9.97 Å². The molecule has 0 atom stereocenters. The second kappa shape index (κ2) is 13.0. The van der Waals surface area contributed by atoms with E-state index in [1.165, 1.54) is 54.5 Å². The Kier molecular flexibility index (Phi) is 8.29. The summed E-state index contributed by atoms with van der Waals surface area (Å²) in [7, 11) is -2.03. The van der Waals surface area contributed by atoms with Crippen LogP contribution >= 0.6 is 20.1 Å². The molecule has 0 radical (unpaired) electrons. The molecule has 2 aromatic heterocycles. The van der Waals surface area contributed by atoms with Gasteiger partial charge in [0.1, 0.15) is 0 Å². The molecule has 2 aliphatic heterocycles. The maximum absolute atomic E-state index is 4.86. The van der Waals surface area contributed by atoms with Crippen molar-refractivity contribution in [2.45, 2.75) is 16.7 Å². The predicted molar refractivity (Wildman–Crippen MR) is 239 cm³/mol. The molecular weight excluding hydrogens is 695 g/mol. The van der Waals surface area contributed by atoms with Crippen LogP contribution in [0.1, 0.15) is 5.56 Å². The molecule has 5 aromatic carbocycles. The predicted octanol–water partition coefficient (Wildman–Crippen LogP) is 10.3. The molecule has 4 nitrogen and oxygen atoms in total. The number of benzene rings is 5. The minimum Gasteiger partial charge on any atom is -0.311 e. The molecule has 54 heavy (non-hydrogen) atoms. The van der Waals surface area contributed by atoms with Gasteiger partial charge < -0.3 is 9.80 Å². The van der Waals surface area contributed by atoms with Crippen molar-refractivity contribution in [2.75, 3.05) is 47.3 Å². The van der Waals surface area contributed by atoms with Crippen LogP contribution in [0.2, 0.25) is 0 Å². The maximum atomic E-state index is 4.86. The summed E-state index contributed by atoms with van der Waals surface area (Å²) in [6.07, 6.45) is 18.1. The van der Waals surface area contributed by atoms with Gasteiger partial charge >= 0.3 is 0 Å². The second-order valence-corrected chi connectivity index (χ2v) is 24.2. The summed E-state index contributed by atoms with van der Waals surface area (Å²) < 4.78 is 0. The van der Waals surface area contributed by atoms with Crippen LogP contribution in [0.5, 0.6) is 0 Å². The van der Waals surface area contributed by atoms with Crippen LogP contribution in [0.4, 0.5) is 34.1 Å². The van der Waals surface area contributed by atoms with E-state index in [4.69, 9.17) is 9.97 Å². The summed E-state index contributed by atoms with van der Waals surface area (Å²) in [6, 6.07) is 49.4. The average Bonchev–Trinajstić information content (AvgIpc) is 3.17. The quantitative estimate of drug-likeness (QED) is 0.159. The summed E-state index contributed by atoms with van der Waals surface area (Å²) in [5.41, 5.74) is 16.5. The lowest BCUT2D eigenvalue weighted by Crippen LogP contribution is -2.61. The minimum absolute atomic E-state index is 0.0464. The van der Waals surface area contributed by atoms with Crippen molar-refractivity contribution in [1.82, 2.24) is 9.97 Å². The molecule has 268 valence electrons. The third-order valence-electron chi connectivity index (χ3n) is 10.7. The summed E-state index contributed by atoms with van der Waals surface area (Å²) in [6.45, 7) is 2.29. The summed E-state index contributed by atoms with van der Waals surface area (Å²) in [4.78, 5) is 17.6. The van der Waals surface area contributed by atoms with E-state index in [1.54, 1.807) is 0 Å². The highest BCUT2D eigenvalue weighted by molar-refractivity contribution is 8.32. The lowest BCUT2D eigenvalue weighted by molar-refractivity contribution is 1.21. The van der Waals surface area contributed by atoms with Crippen LogP contribution in [0.15, 0.2) is 156 Å². The van der Waals surface area contributed by atoms with E-state index in [0.29, 0.717) is 0 Å². The summed E-state index contributed by atoms with van der Waals surface area (Å²) in [5, 5.41) is 0. The molecule has 0 aliphatic carbocycles. The smallest absolute Gasteiger partial charge is 0.252 e. The Hall–Kier alpha value is -5.24. The van der Waals surface area contributed by atoms with Gasteiger partial charge in [0.15, 0.2) is 0 Å². The summed E-state index contributed by atoms with van der Waals surface area (Å²) >= 11 is 0. The first kappa shape index (κ1) is 34.5. The van der Waals surface area contributed by atoms with Crippen LogP contribution in [0.25, 0.3) is 22.5 Å². The Balaban J connectivity index is 1.40. The van der Waals surface area contributed by atoms with Crippen LogP contribution in [0.3, 0.4) is 0 Å². The minimum atomic E-state index is -1.02. The largest absolute Gasteiger partial charge is 0.311 e. The summed E-state index contributed by atoms with van der Waals surface area (Å²) in [5.74, 6) is 0. The normalized spacial score (nSPS) is 13.9. The molecule has 0 spiro atoms. The molecule has 7 heteroatoms. The van der Waals surface area contributed by atoms with Crippen LogP contribution < -0.4 is 26.2 Å². The number of fused-ring (bicyclic) bond motifs is 4. The Labute approximate surface area is 323 Å². The van der Waals surface area contributed by atoms with Gasteiger partial charge in [0.05, 0.1) is 22.8 Å². The first-order chi connectivity index (χ1) is 26.0. The molecule has 0 amide bonds. The number of nitrogens with zero attached hydrogens (tertiary/aromatic N) is 4. The van der Waals surface area contributed by atoms with Crippen molar-refractivity contribution in [3.63, 3.8) is 0 Å². The first-order valence-corrected chi connectivity index (χ1v) is 24.1. The SMILES string of the molecule is Cc1cc2c3c(c1)N(c1ccccc1-c1ccccn1)c1cc(S(C)(C)C)ccc1B3c1ccc(S(C)(C)C)cc1N2c1ccccc1-c1ccccn1. The Morgan fingerprint density at radius 1 is 0.444 bits per heavy atom. The standard InChI is InChI=1S/C47H45BN4S2/c1-32-28-45-47-46(29-32)52(42-21-11-9-17-36(42)40-19-13-15-27-50-40)44-31-34(54(5,6)7)23-25-38(44)48(47)37-24-22-33(53(2,3)4)30-43(37)51(45)41-20-10-8-16-35(41)39-18-12-14-26-49-39/h8-31H,1-7H3. The van der Waals surface area contributed by atoms with E-state index in [9.17, 15) is 0 Å². The fourth-order valence-corrected chi connectivity index (χ4v) is 10.1. The van der Waals surface area contributed by atoms with E-state index in [2.05, 4.69) is 176 Å². The van der Waals surface area contributed by atoms with E-state index < -0.39 is 20.1 Å². The van der Waals surface area contributed by atoms with Crippen LogP contribution in [0, 0.1) is 6.92 Å². The zero-order valence-corrected chi connectivity index (χ0v) is 33.7. The molecule has 0 bridgehead atoms. The third kappa shape index (κ3) is 5.73. The fourth-order valence-electron chi connectivity index (χ4n) is 8.18. The van der Waals surface area contributed by atoms with Gasteiger partial charge in [-0.05, 0) is 137 Å². The molecule has 0 N–H and O–H groups in total. The van der Waals surface area contributed by atoms with Crippen LogP contribution in [-0.2, 0) is 0 Å². The van der Waals surface area contributed by atoms with E-state index in [1.807, 2.05) is 24.5 Å². The average molecular weight is 741 g/mol. The number of hydrogen-bond acceptors (Lipinski definition) is 4. The maximum Gasteiger partial charge on any atom is 0.252 e. The van der Waals surface area contributed by atoms with Crippen molar-refractivity contribution in [3.8, 4) is 22.5 Å². The van der Waals surface area contributed by atoms with Crippen molar-refractivity contribution in [3.05, 3.63) is 151 Å². The van der Waals surface area contributed by atoms with Gasteiger partial charge in [-0.15, -0.1) is 0 Å². The lowest BCUT2D eigenvalue weighted by Gasteiger charge is -2.46. The Morgan fingerprint density at radius 2 is 0.870 bits per heavy atom. The monoisotopic (exact) mass is 740 g/mol. The molecule has 7 aromatic rings. The number of pyridine rings is 2. The number of aromatic nitrogens is 2. The highest BCUT2D eigenvalue weighted by Gasteiger charge is 2.44. The van der Waals surface area contributed by atoms with Crippen molar-refractivity contribution >= 4 is 77.3 Å². The van der Waals surface area contributed by atoms with Crippen LogP contribution in [-0.4, -0.2) is 54.2 Å². The molecule has 9 rings (SSSR count). The van der Waals surface area contributed by atoms with Gasteiger partial charge in [-0.25, -0.2) is 20.1 Å². The molecule has 0 saturated heterocycles. The Morgan fingerprint density at radius 3 is 1.28 bits per heavy atom. The number of aryl methyl sites for hydroxylation is 1. The number of rotatable bonds is 6.